The third-order valence-electron chi connectivity index (χ3n) is 1.56. The molecule has 0 amide bonds. The third-order valence-corrected chi connectivity index (χ3v) is 1.87. The van der Waals surface area contributed by atoms with Gasteiger partial charge in [-0.1, -0.05) is 6.92 Å². The number of aromatic nitrogens is 2. The number of carboxylic acids is 1. The highest BCUT2D eigenvalue weighted by atomic mass is 35.5. The lowest BCUT2D eigenvalue weighted by molar-refractivity contribution is -0.141. The van der Waals surface area contributed by atoms with Gasteiger partial charge in [-0.25, -0.2) is 4.98 Å². The van der Waals surface area contributed by atoms with Crippen molar-refractivity contribution in [1.29, 1.82) is 0 Å². The first-order chi connectivity index (χ1) is 5.61. The number of aliphatic carboxylic acids is 1. The van der Waals surface area contributed by atoms with E-state index < -0.39 is 11.9 Å². The summed E-state index contributed by atoms with van der Waals surface area (Å²) in [6.45, 7) is 1.98. The zero-order valence-electron chi connectivity index (χ0n) is 6.57. The SMILES string of the molecule is CC(Cn1ccnc1Cl)C(=O)O. The molecule has 0 saturated heterocycles. The summed E-state index contributed by atoms with van der Waals surface area (Å²) in [7, 11) is 0. The van der Waals surface area contributed by atoms with Gasteiger partial charge in [-0.05, 0) is 11.6 Å². The van der Waals surface area contributed by atoms with Crippen molar-refractivity contribution >= 4 is 17.6 Å². The van der Waals surface area contributed by atoms with Crippen LogP contribution in [0.4, 0.5) is 0 Å². The Morgan fingerprint density at radius 3 is 3.00 bits per heavy atom. The lowest BCUT2D eigenvalue weighted by Crippen LogP contribution is -2.16. The summed E-state index contributed by atoms with van der Waals surface area (Å²) in [5.41, 5.74) is 0. The van der Waals surface area contributed by atoms with Crippen molar-refractivity contribution in [3.8, 4) is 0 Å². The Kier molecular flexibility index (Phi) is 2.70. The van der Waals surface area contributed by atoms with Crippen LogP contribution in [-0.4, -0.2) is 20.6 Å². The van der Waals surface area contributed by atoms with Gasteiger partial charge < -0.3 is 9.67 Å². The second-order valence-electron chi connectivity index (χ2n) is 2.59. The molecule has 0 spiro atoms. The molecule has 4 nitrogen and oxygen atoms in total. The Labute approximate surface area is 74.8 Å². The maximum Gasteiger partial charge on any atom is 0.308 e. The largest absolute Gasteiger partial charge is 0.481 e. The van der Waals surface area contributed by atoms with Crippen LogP contribution in [0.3, 0.4) is 0 Å². The molecule has 0 saturated carbocycles. The van der Waals surface area contributed by atoms with Gasteiger partial charge in [-0.15, -0.1) is 0 Å². The van der Waals surface area contributed by atoms with Crippen molar-refractivity contribution < 1.29 is 9.90 Å². The van der Waals surface area contributed by atoms with Crippen molar-refractivity contribution in [3.63, 3.8) is 0 Å². The van der Waals surface area contributed by atoms with Gasteiger partial charge in [0.2, 0.25) is 5.28 Å². The molecule has 0 aromatic carbocycles. The first kappa shape index (κ1) is 9.06. The zero-order chi connectivity index (χ0) is 9.14. The topological polar surface area (TPSA) is 55.1 Å². The Bertz CT molecular complexity index is 285. The van der Waals surface area contributed by atoms with Gasteiger partial charge in [0.05, 0.1) is 5.92 Å². The summed E-state index contributed by atoms with van der Waals surface area (Å²) < 4.78 is 1.60. The van der Waals surface area contributed by atoms with Crippen LogP contribution in [0.1, 0.15) is 6.92 Å². The number of carboxylic acid groups (broad SMARTS) is 1. The fourth-order valence-electron chi connectivity index (χ4n) is 0.820. The smallest absolute Gasteiger partial charge is 0.308 e. The van der Waals surface area contributed by atoms with Crippen LogP contribution in [0.15, 0.2) is 12.4 Å². The Morgan fingerprint density at radius 1 is 1.92 bits per heavy atom. The average molecular weight is 189 g/mol. The number of imidazole rings is 1. The van der Waals surface area contributed by atoms with Crippen molar-refractivity contribution in [2.75, 3.05) is 0 Å². The molecule has 1 aromatic rings. The molecular weight excluding hydrogens is 180 g/mol. The number of hydrogen-bond donors (Lipinski definition) is 1. The summed E-state index contributed by atoms with van der Waals surface area (Å²) >= 11 is 5.65. The van der Waals surface area contributed by atoms with Crippen molar-refractivity contribution in [1.82, 2.24) is 9.55 Å². The Morgan fingerprint density at radius 2 is 2.58 bits per heavy atom. The van der Waals surface area contributed by atoms with E-state index in [0.29, 0.717) is 11.8 Å². The molecule has 1 heterocycles. The highest BCUT2D eigenvalue weighted by Gasteiger charge is 2.12. The van der Waals surface area contributed by atoms with Crippen LogP contribution in [0.2, 0.25) is 5.28 Å². The van der Waals surface area contributed by atoms with Crippen LogP contribution in [0.5, 0.6) is 0 Å². The Hall–Kier alpha value is -1.03. The fourth-order valence-corrected chi connectivity index (χ4v) is 1.00. The van der Waals surface area contributed by atoms with Crippen molar-refractivity contribution in [3.05, 3.63) is 17.7 Å². The van der Waals surface area contributed by atoms with Crippen LogP contribution in [-0.2, 0) is 11.3 Å². The summed E-state index contributed by atoms with van der Waals surface area (Å²) in [4.78, 5) is 14.2. The van der Waals surface area contributed by atoms with Gasteiger partial charge in [0.25, 0.3) is 0 Å². The molecule has 5 heteroatoms. The second-order valence-corrected chi connectivity index (χ2v) is 2.93. The first-order valence-electron chi connectivity index (χ1n) is 3.50. The molecular formula is C7H9ClN2O2. The molecule has 0 bridgehead atoms. The number of nitrogens with zero attached hydrogens (tertiary/aromatic N) is 2. The minimum Gasteiger partial charge on any atom is -0.481 e. The number of halogens is 1. The zero-order valence-corrected chi connectivity index (χ0v) is 7.32. The Balaban J connectivity index is 2.64. The van der Waals surface area contributed by atoms with E-state index >= 15 is 0 Å². The van der Waals surface area contributed by atoms with E-state index in [1.165, 1.54) is 6.20 Å². The monoisotopic (exact) mass is 188 g/mol. The molecule has 66 valence electrons. The van der Waals surface area contributed by atoms with Gasteiger partial charge in [0.1, 0.15) is 0 Å². The predicted octanol–water partition coefficient (Wildman–Crippen LogP) is 1.26. The quantitative estimate of drug-likeness (QED) is 0.777. The van der Waals surface area contributed by atoms with Crippen LogP contribution in [0.25, 0.3) is 0 Å². The molecule has 1 atom stereocenters. The number of carbonyl (C=O) groups is 1. The normalized spacial score (nSPS) is 12.8. The molecule has 1 N–H and O–H groups in total. The molecule has 0 fully saturated rings. The van der Waals surface area contributed by atoms with E-state index in [4.69, 9.17) is 16.7 Å². The second kappa shape index (κ2) is 3.58. The third kappa shape index (κ3) is 1.98. The molecule has 0 radical (unpaired) electrons. The molecule has 0 aliphatic carbocycles. The van der Waals surface area contributed by atoms with Crippen LogP contribution >= 0.6 is 11.6 Å². The summed E-state index contributed by atoms with van der Waals surface area (Å²) in [5, 5.41) is 8.92. The highest BCUT2D eigenvalue weighted by molar-refractivity contribution is 6.28. The maximum absolute atomic E-state index is 10.5. The molecule has 0 aliphatic heterocycles. The fraction of sp³-hybridized carbons (Fsp3) is 0.429. The van der Waals surface area contributed by atoms with E-state index in [1.807, 2.05) is 0 Å². The molecule has 1 aromatic heterocycles. The van der Waals surface area contributed by atoms with Gasteiger partial charge in [-0.3, -0.25) is 4.79 Å². The van der Waals surface area contributed by atoms with Crippen LogP contribution in [0, 0.1) is 5.92 Å². The minimum atomic E-state index is -0.834. The minimum absolute atomic E-state index is 0.322. The lowest BCUT2D eigenvalue weighted by atomic mass is 10.2. The summed E-state index contributed by atoms with van der Waals surface area (Å²) in [5.74, 6) is -1.28. The molecule has 0 aliphatic rings. The van der Waals surface area contributed by atoms with Crippen LogP contribution < -0.4 is 0 Å². The number of rotatable bonds is 3. The highest BCUT2D eigenvalue weighted by Crippen LogP contribution is 2.08. The summed E-state index contributed by atoms with van der Waals surface area (Å²) in [6, 6.07) is 0. The molecule has 1 unspecified atom stereocenters. The van der Waals surface area contributed by atoms with Gasteiger partial charge >= 0.3 is 5.97 Å². The van der Waals surface area contributed by atoms with E-state index in [9.17, 15) is 4.79 Å². The maximum atomic E-state index is 10.5. The van der Waals surface area contributed by atoms with E-state index in [1.54, 1.807) is 17.7 Å². The lowest BCUT2D eigenvalue weighted by Gasteiger charge is -2.06. The van der Waals surface area contributed by atoms with Gasteiger partial charge in [0.15, 0.2) is 0 Å². The van der Waals surface area contributed by atoms with E-state index in [2.05, 4.69) is 4.98 Å². The predicted molar refractivity (Wildman–Crippen MR) is 44.0 cm³/mol. The summed E-state index contributed by atoms with van der Waals surface area (Å²) in [6.07, 6.45) is 3.19. The number of hydrogen-bond acceptors (Lipinski definition) is 2. The van der Waals surface area contributed by atoms with E-state index in [0.717, 1.165) is 0 Å². The van der Waals surface area contributed by atoms with Gasteiger partial charge in [0, 0.05) is 18.9 Å². The average Bonchev–Trinajstić information content (AvgIpc) is 2.36. The standard InChI is InChI=1S/C7H9ClN2O2/c1-5(6(11)12)4-10-3-2-9-7(10)8/h2-3,5H,4H2,1H3,(H,11,12). The van der Waals surface area contributed by atoms with E-state index in [-0.39, 0.29) is 0 Å². The van der Waals surface area contributed by atoms with Gasteiger partial charge in [-0.2, -0.15) is 0 Å². The molecule has 1 rings (SSSR count). The molecule has 12 heavy (non-hydrogen) atoms. The first-order valence-corrected chi connectivity index (χ1v) is 3.88. The van der Waals surface area contributed by atoms with Crippen molar-refractivity contribution in [2.45, 2.75) is 13.5 Å². The van der Waals surface area contributed by atoms with Crippen molar-refractivity contribution in [2.24, 2.45) is 5.92 Å².